The maximum Gasteiger partial charge on any atom is 0.151 e. The lowest BCUT2D eigenvalue weighted by Gasteiger charge is -2.12. The van der Waals surface area contributed by atoms with Crippen LogP contribution in [0.4, 0.5) is 0 Å². The van der Waals surface area contributed by atoms with Gasteiger partial charge >= 0.3 is 0 Å². The first-order chi connectivity index (χ1) is 9.52. The Hall–Kier alpha value is -1.24. The standard InChI is InChI=1S/C14H22N4OS/c1-10(2)15-6-12-5-14(19-17-12)8-18(4)7-13-9-20-11(3)16-13/h5,9-10,15H,6-8H2,1-4H3. The monoisotopic (exact) mass is 294 g/mol. The Kier molecular flexibility index (Phi) is 5.28. The zero-order valence-corrected chi connectivity index (χ0v) is 13.3. The van der Waals surface area contributed by atoms with Crippen LogP contribution in [-0.2, 0) is 19.6 Å². The lowest BCUT2D eigenvalue weighted by atomic mass is 10.3. The largest absolute Gasteiger partial charge is 0.360 e. The molecule has 20 heavy (non-hydrogen) atoms. The Morgan fingerprint density at radius 2 is 2.15 bits per heavy atom. The number of hydrogen-bond donors (Lipinski definition) is 1. The van der Waals surface area contributed by atoms with E-state index in [0.717, 1.165) is 41.8 Å². The normalized spacial score (nSPS) is 11.7. The molecule has 0 aliphatic rings. The van der Waals surface area contributed by atoms with Gasteiger partial charge in [-0.3, -0.25) is 4.90 Å². The fourth-order valence-corrected chi connectivity index (χ4v) is 2.51. The van der Waals surface area contributed by atoms with Gasteiger partial charge in [-0.15, -0.1) is 11.3 Å². The second kappa shape index (κ2) is 6.97. The van der Waals surface area contributed by atoms with Crippen molar-refractivity contribution >= 4 is 11.3 Å². The molecule has 1 N–H and O–H groups in total. The first-order valence-electron chi connectivity index (χ1n) is 6.80. The molecule has 2 aromatic heterocycles. The van der Waals surface area contributed by atoms with Gasteiger partial charge in [0.05, 0.1) is 22.9 Å². The SMILES string of the molecule is Cc1nc(CN(C)Cc2cc(CNC(C)C)no2)cs1. The minimum absolute atomic E-state index is 0.450. The molecule has 0 unspecified atom stereocenters. The molecule has 0 aliphatic carbocycles. The van der Waals surface area contributed by atoms with Gasteiger partial charge in [-0.1, -0.05) is 19.0 Å². The summed E-state index contributed by atoms with van der Waals surface area (Å²) in [4.78, 5) is 6.64. The summed E-state index contributed by atoms with van der Waals surface area (Å²) in [5.41, 5.74) is 2.06. The predicted molar refractivity (Wildman–Crippen MR) is 80.5 cm³/mol. The molecule has 0 saturated carbocycles. The Morgan fingerprint density at radius 1 is 1.35 bits per heavy atom. The molecule has 110 valence electrons. The maximum absolute atomic E-state index is 5.36. The van der Waals surface area contributed by atoms with Crippen molar-refractivity contribution in [2.75, 3.05) is 7.05 Å². The van der Waals surface area contributed by atoms with E-state index in [1.807, 2.05) is 13.0 Å². The third-order valence-corrected chi connectivity index (χ3v) is 3.65. The van der Waals surface area contributed by atoms with Crippen molar-refractivity contribution in [1.29, 1.82) is 0 Å². The summed E-state index contributed by atoms with van der Waals surface area (Å²) in [6.07, 6.45) is 0. The summed E-state index contributed by atoms with van der Waals surface area (Å²) in [6, 6.07) is 2.46. The van der Waals surface area contributed by atoms with Crippen LogP contribution in [0.1, 0.15) is 36.0 Å². The molecule has 6 heteroatoms. The van der Waals surface area contributed by atoms with Gasteiger partial charge in [-0.25, -0.2) is 4.98 Å². The topological polar surface area (TPSA) is 54.2 Å². The van der Waals surface area contributed by atoms with Gasteiger partial charge in [0.25, 0.3) is 0 Å². The van der Waals surface area contributed by atoms with Gasteiger partial charge in [0.2, 0.25) is 0 Å². The zero-order chi connectivity index (χ0) is 14.5. The van der Waals surface area contributed by atoms with Crippen molar-refractivity contribution in [2.24, 2.45) is 0 Å². The molecular formula is C14H22N4OS. The van der Waals surface area contributed by atoms with Crippen LogP contribution in [0.5, 0.6) is 0 Å². The summed E-state index contributed by atoms with van der Waals surface area (Å²) in [5, 5.41) is 10.6. The highest BCUT2D eigenvalue weighted by molar-refractivity contribution is 7.09. The fourth-order valence-electron chi connectivity index (χ4n) is 1.90. The van der Waals surface area contributed by atoms with E-state index in [9.17, 15) is 0 Å². The molecule has 2 rings (SSSR count). The van der Waals surface area contributed by atoms with Gasteiger partial charge < -0.3 is 9.84 Å². The molecule has 0 aromatic carbocycles. The van der Waals surface area contributed by atoms with Crippen molar-refractivity contribution in [3.05, 3.63) is 33.6 Å². The van der Waals surface area contributed by atoms with Crippen LogP contribution in [0.25, 0.3) is 0 Å². The minimum Gasteiger partial charge on any atom is -0.360 e. The quantitative estimate of drug-likeness (QED) is 0.850. The fraction of sp³-hybridized carbons (Fsp3) is 0.571. The average molecular weight is 294 g/mol. The molecule has 0 saturated heterocycles. The number of aryl methyl sites for hydroxylation is 1. The van der Waals surface area contributed by atoms with E-state index in [4.69, 9.17) is 4.52 Å². The Morgan fingerprint density at radius 3 is 2.80 bits per heavy atom. The van der Waals surface area contributed by atoms with Crippen molar-refractivity contribution in [3.8, 4) is 0 Å². The van der Waals surface area contributed by atoms with Crippen LogP contribution < -0.4 is 5.32 Å². The summed E-state index contributed by atoms with van der Waals surface area (Å²) < 4.78 is 5.36. The van der Waals surface area contributed by atoms with E-state index >= 15 is 0 Å². The minimum atomic E-state index is 0.450. The maximum atomic E-state index is 5.36. The Balaban J connectivity index is 1.83. The first-order valence-corrected chi connectivity index (χ1v) is 7.68. The third-order valence-electron chi connectivity index (χ3n) is 2.82. The summed E-state index contributed by atoms with van der Waals surface area (Å²) in [6.45, 7) is 8.57. The second-order valence-corrected chi connectivity index (χ2v) is 6.41. The summed E-state index contributed by atoms with van der Waals surface area (Å²) in [5.74, 6) is 0.889. The lowest BCUT2D eigenvalue weighted by molar-refractivity contribution is 0.263. The molecule has 0 spiro atoms. The number of nitrogens with zero attached hydrogens (tertiary/aromatic N) is 3. The average Bonchev–Trinajstić information content (AvgIpc) is 2.96. The number of rotatable bonds is 7. The highest BCUT2D eigenvalue weighted by atomic mass is 32.1. The molecule has 0 amide bonds. The molecule has 0 atom stereocenters. The van der Waals surface area contributed by atoms with Crippen molar-refractivity contribution in [2.45, 2.75) is 46.4 Å². The second-order valence-electron chi connectivity index (χ2n) is 5.35. The third kappa shape index (κ3) is 4.70. The van der Waals surface area contributed by atoms with Crippen LogP contribution in [0.3, 0.4) is 0 Å². The number of hydrogen-bond acceptors (Lipinski definition) is 6. The first kappa shape index (κ1) is 15.2. The molecule has 2 heterocycles. The van der Waals surface area contributed by atoms with Gasteiger partial charge in [0.1, 0.15) is 0 Å². The van der Waals surface area contributed by atoms with Crippen LogP contribution in [-0.4, -0.2) is 28.1 Å². The number of nitrogens with one attached hydrogen (secondary N) is 1. The Labute approximate surface area is 124 Å². The van der Waals surface area contributed by atoms with Crippen molar-refractivity contribution in [3.63, 3.8) is 0 Å². The molecular weight excluding hydrogens is 272 g/mol. The highest BCUT2D eigenvalue weighted by Crippen LogP contribution is 2.12. The molecule has 2 aromatic rings. The van der Waals surface area contributed by atoms with Crippen molar-refractivity contribution in [1.82, 2.24) is 20.4 Å². The van der Waals surface area contributed by atoms with Gasteiger partial charge in [-0.05, 0) is 14.0 Å². The van der Waals surface area contributed by atoms with Gasteiger partial charge in [0, 0.05) is 30.6 Å². The molecule has 0 aliphatic heterocycles. The van der Waals surface area contributed by atoms with Crippen LogP contribution in [0.15, 0.2) is 16.0 Å². The molecule has 5 nitrogen and oxygen atoms in total. The van der Waals surface area contributed by atoms with E-state index in [-0.39, 0.29) is 0 Å². The zero-order valence-electron chi connectivity index (χ0n) is 12.5. The van der Waals surface area contributed by atoms with Crippen LogP contribution >= 0.6 is 11.3 Å². The van der Waals surface area contributed by atoms with Crippen LogP contribution in [0.2, 0.25) is 0 Å². The summed E-state index contributed by atoms with van der Waals surface area (Å²) >= 11 is 1.68. The van der Waals surface area contributed by atoms with E-state index in [1.54, 1.807) is 11.3 Å². The number of thiazole rings is 1. The summed E-state index contributed by atoms with van der Waals surface area (Å²) in [7, 11) is 2.06. The number of aromatic nitrogens is 2. The molecule has 0 fully saturated rings. The predicted octanol–water partition coefficient (Wildman–Crippen LogP) is 2.57. The van der Waals surface area contributed by atoms with Gasteiger partial charge in [-0.2, -0.15) is 0 Å². The van der Waals surface area contributed by atoms with E-state index in [1.165, 1.54) is 0 Å². The van der Waals surface area contributed by atoms with Gasteiger partial charge in [0.15, 0.2) is 5.76 Å². The Bertz CT molecular complexity index is 535. The smallest absolute Gasteiger partial charge is 0.151 e. The van der Waals surface area contributed by atoms with E-state index in [0.29, 0.717) is 6.04 Å². The molecule has 0 bridgehead atoms. The molecule has 0 radical (unpaired) electrons. The lowest BCUT2D eigenvalue weighted by Crippen LogP contribution is -2.21. The van der Waals surface area contributed by atoms with Crippen molar-refractivity contribution < 1.29 is 4.52 Å². The highest BCUT2D eigenvalue weighted by Gasteiger charge is 2.09. The van der Waals surface area contributed by atoms with E-state index in [2.05, 4.69) is 46.6 Å². The van der Waals surface area contributed by atoms with Crippen LogP contribution in [0, 0.1) is 6.92 Å². The van der Waals surface area contributed by atoms with E-state index < -0.39 is 0 Å².